The number of piperidine rings is 1. The smallest absolute Gasteiger partial charge is 0.280 e. The maximum Gasteiger partial charge on any atom is 0.280 e. The summed E-state index contributed by atoms with van der Waals surface area (Å²) in [5.41, 5.74) is 1.00. The van der Waals surface area contributed by atoms with E-state index in [0.29, 0.717) is 10.9 Å². The van der Waals surface area contributed by atoms with Crippen molar-refractivity contribution in [2.24, 2.45) is 0 Å². The quantitative estimate of drug-likeness (QED) is 0.895. The van der Waals surface area contributed by atoms with Crippen molar-refractivity contribution in [2.75, 3.05) is 13.1 Å². The number of aromatic nitrogens is 1. The number of nitrogens with one attached hydrogen (secondary N) is 1. The number of rotatable bonds is 5. The largest absolute Gasteiger partial charge is 0.346 e. The molecule has 1 amide bonds. The lowest BCUT2D eigenvalue weighted by atomic mass is 10.1. The molecular weight excluding hydrogens is 326 g/mol. The van der Waals surface area contributed by atoms with Crippen LogP contribution in [0.5, 0.6) is 0 Å². The molecule has 1 aliphatic rings. The monoisotopic (exact) mass is 349 g/mol. The zero-order valence-corrected chi connectivity index (χ0v) is 15.3. The minimum absolute atomic E-state index is 0.0233. The molecule has 2 aromatic heterocycles. The average molecular weight is 350 g/mol. The van der Waals surface area contributed by atoms with Crippen molar-refractivity contribution < 1.29 is 4.79 Å². The van der Waals surface area contributed by atoms with Gasteiger partial charge in [0.25, 0.3) is 5.91 Å². The lowest BCUT2D eigenvalue weighted by Gasteiger charge is -2.32. The fraction of sp³-hybridized carbons (Fsp3) is 0.529. The van der Waals surface area contributed by atoms with E-state index in [1.54, 1.807) is 11.3 Å². The van der Waals surface area contributed by atoms with E-state index in [1.807, 2.05) is 5.38 Å². The summed E-state index contributed by atoms with van der Waals surface area (Å²) in [6.07, 6.45) is 2.18. The molecule has 0 saturated carbocycles. The van der Waals surface area contributed by atoms with E-state index >= 15 is 0 Å². The van der Waals surface area contributed by atoms with Crippen LogP contribution in [-0.4, -0.2) is 34.9 Å². The van der Waals surface area contributed by atoms with E-state index in [-0.39, 0.29) is 11.9 Å². The van der Waals surface area contributed by atoms with E-state index in [0.717, 1.165) is 38.2 Å². The van der Waals surface area contributed by atoms with Crippen LogP contribution in [0, 0.1) is 0 Å². The third kappa shape index (κ3) is 4.40. The summed E-state index contributed by atoms with van der Waals surface area (Å²) in [6, 6.07) is 4.50. The van der Waals surface area contributed by atoms with E-state index in [9.17, 15) is 4.79 Å². The molecular formula is C17H23N3OS2. The summed E-state index contributed by atoms with van der Waals surface area (Å²) in [7, 11) is 0. The Morgan fingerprint density at radius 1 is 1.48 bits per heavy atom. The molecule has 6 heteroatoms. The van der Waals surface area contributed by atoms with Crippen molar-refractivity contribution in [2.45, 2.75) is 45.2 Å². The molecule has 1 saturated heterocycles. The van der Waals surface area contributed by atoms with E-state index in [2.05, 4.69) is 46.6 Å². The van der Waals surface area contributed by atoms with Gasteiger partial charge in [-0.15, -0.1) is 22.7 Å². The Morgan fingerprint density at radius 2 is 2.35 bits per heavy atom. The highest BCUT2D eigenvalue weighted by Crippen LogP contribution is 2.19. The number of hydrogen-bond acceptors (Lipinski definition) is 5. The van der Waals surface area contributed by atoms with Crippen molar-refractivity contribution in [1.82, 2.24) is 15.2 Å². The van der Waals surface area contributed by atoms with Gasteiger partial charge in [0.2, 0.25) is 0 Å². The van der Waals surface area contributed by atoms with E-state index in [4.69, 9.17) is 0 Å². The summed E-state index contributed by atoms with van der Waals surface area (Å²) in [6.45, 7) is 7.21. The predicted octanol–water partition coefficient (Wildman–Crippen LogP) is 3.72. The summed E-state index contributed by atoms with van der Waals surface area (Å²) in [4.78, 5) is 20.7. The molecule has 1 N–H and O–H groups in total. The highest BCUT2D eigenvalue weighted by atomic mass is 32.1. The van der Waals surface area contributed by atoms with Crippen LogP contribution in [-0.2, 0) is 6.54 Å². The average Bonchev–Trinajstić information content (AvgIpc) is 3.18. The number of hydrogen-bond donors (Lipinski definition) is 1. The molecule has 3 heterocycles. The molecule has 1 aliphatic heterocycles. The van der Waals surface area contributed by atoms with Crippen LogP contribution >= 0.6 is 22.7 Å². The molecule has 0 spiro atoms. The van der Waals surface area contributed by atoms with Crippen molar-refractivity contribution >= 4 is 28.6 Å². The molecule has 0 bridgehead atoms. The van der Waals surface area contributed by atoms with Gasteiger partial charge < -0.3 is 5.32 Å². The molecule has 3 rings (SSSR count). The Morgan fingerprint density at radius 3 is 3.04 bits per heavy atom. The molecule has 0 aliphatic carbocycles. The molecule has 4 nitrogen and oxygen atoms in total. The van der Waals surface area contributed by atoms with Gasteiger partial charge in [0.05, 0.1) is 5.69 Å². The lowest BCUT2D eigenvalue weighted by Crippen LogP contribution is -2.47. The number of nitrogens with zero attached hydrogens (tertiary/aromatic N) is 2. The second-order valence-electron chi connectivity index (χ2n) is 6.36. The van der Waals surface area contributed by atoms with Crippen molar-refractivity contribution in [3.8, 4) is 0 Å². The van der Waals surface area contributed by atoms with Crippen LogP contribution in [0.25, 0.3) is 0 Å². The fourth-order valence-electron chi connectivity index (χ4n) is 2.84. The lowest BCUT2D eigenvalue weighted by molar-refractivity contribution is 0.0900. The standard InChI is InChI=1S/C17H23N3OS2/c1-12(2)15-11-23-17(19-15)16(21)18-13-5-3-7-20(9-13)10-14-6-4-8-22-14/h4,6,8,11-13H,3,5,7,9-10H2,1-2H3,(H,18,21)/t13-/m1/s1. The van der Waals surface area contributed by atoms with Gasteiger partial charge in [-0.25, -0.2) is 4.98 Å². The molecule has 1 atom stereocenters. The topological polar surface area (TPSA) is 45.2 Å². The van der Waals surface area contributed by atoms with Gasteiger partial charge in [0.1, 0.15) is 0 Å². The zero-order chi connectivity index (χ0) is 16.2. The summed E-state index contributed by atoms with van der Waals surface area (Å²) in [5, 5.41) is 7.86. The van der Waals surface area contributed by atoms with Gasteiger partial charge in [-0.3, -0.25) is 9.69 Å². The molecule has 0 aromatic carbocycles. The van der Waals surface area contributed by atoms with Crippen LogP contribution < -0.4 is 5.32 Å². The third-order valence-electron chi connectivity index (χ3n) is 4.11. The minimum Gasteiger partial charge on any atom is -0.346 e. The molecule has 2 aromatic rings. The van der Waals surface area contributed by atoms with Crippen LogP contribution in [0.2, 0.25) is 0 Å². The normalized spacial score (nSPS) is 19.2. The van der Waals surface area contributed by atoms with Gasteiger partial charge in [-0.2, -0.15) is 0 Å². The molecule has 0 radical (unpaired) electrons. The maximum absolute atomic E-state index is 12.4. The first-order valence-corrected chi connectivity index (χ1v) is 9.89. The van der Waals surface area contributed by atoms with Gasteiger partial charge in [-0.1, -0.05) is 19.9 Å². The molecule has 1 fully saturated rings. The Labute approximate surface area is 145 Å². The maximum atomic E-state index is 12.4. The first-order valence-electron chi connectivity index (χ1n) is 8.13. The van der Waals surface area contributed by atoms with Crippen molar-refractivity contribution in [3.05, 3.63) is 38.5 Å². The molecule has 124 valence electrons. The highest BCUT2D eigenvalue weighted by Gasteiger charge is 2.23. The molecule has 0 unspecified atom stereocenters. The molecule has 23 heavy (non-hydrogen) atoms. The number of amides is 1. The highest BCUT2D eigenvalue weighted by molar-refractivity contribution is 7.11. The predicted molar refractivity (Wildman–Crippen MR) is 96.3 cm³/mol. The summed E-state index contributed by atoms with van der Waals surface area (Å²) >= 11 is 3.24. The number of carbonyl (C=O) groups is 1. The zero-order valence-electron chi connectivity index (χ0n) is 13.6. The number of thiophene rings is 1. The van der Waals surface area contributed by atoms with Crippen molar-refractivity contribution in [1.29, 1.82) is 0 Å². The number of carbonyl (C=O) groups excluding carboxylic acids is 1. The first kappa shape index (κ1) is 16.6. The second-order valence-corrected chi connectivity index (χ2v) is 8.25. The SMILES string of the molecule is CC(C)c1csc(C(=O)N[C@@H]2CCCN(Cc3cccs3)C2)n1. The van der Waals surface area contributed by atoms with Gasteiger partial charge in [-0.05, 0) is 36.8 Å². The van der Waals surface area contributed by atoms with E-state index < -0.39 is 0 Å². The third-order valence-corrected chi connectivity index (χ3v) is 5.83. The van der Waals surface area contributed by atoms with Gasteiger partial charge in [0.15, 0.2) is 5.01 Å². The number of thiazole rings is 1. The minimum atomic E-state index is -0.0233. The van der Waals surface area contributed by atoms with Crippen molar-refractivity contribution in [3.63, 3.8) is 0 Å². The second kappa shape index (κ2) is 7.55. The van der Waals surface area contributed by atoms with Crippen LogP contribution in [0.1, 0.15) is 53.0 Å². The Balaban J connectivity index is 1.55. The summed E-state index contributed by atoms with van der Waals surface area (Å²) in [5.74, 6) is 0.341. The van der Waals surface area contributed by atoms with Gasteiger partial charge in [0, 0.05) is 29.4 Å². The Kier molecular flexibility index (Phi) is 5.46. The van der Waals surface area contributed by atoms with Crippen LogP contribution in [0.3, 0.4) is 0 Å². The summed E-state index contributed by atoms with van der Waals surface area (Å²) < 4.78 is 0. The van der Waals surface area contributed by atoms with Crippen LogP contribution in [0.15, 0.2) is 22.9 Å². The fourth-order valence-corrected chi connectivity index (χ4v) is 4.47. The Hall–Kier alpha value is -1.24. The Bertz CT molecular complexity index is 636. The first-order chi connectivity index (χ1) is 11.1. The number of likely N-dealkylation sites (tertiary alicyclic amines) is 1. The van der Waals surface area contributed by atoms with E-state index in [1.165, 1.54) is 16.2 Å². The van der Waals surface area contributed by atoms with Gasteiger partial charge >= 0.3 is 0 Å². The van der Waals surface area contributed by atoms with Crippen LogP contribution in [0.4, 0.5) is 0 Å².